The summed E-state index contributed by atoms with van der Waals surface area (Å²) in [6.07, 6.45) is 1.78. The van der Waals surface area contributed by atoms with Crippen LogP contribution < -0.4 is 5.32 Å². The van der Waals surface area contributed by atoms with Crippen LogP contribution in [0.15, 0.2) is 0 Å². The van der Waals surface area contributed by atoms with Crippen molar-refractivity contribution in [1.29, 1.82) is 0 Å². The van der Waals surface area contributed by atoms with E-state index in [2.05, 4.69) is 12.2 Å². The molecule has 0 aromatic carbocycles. The second kappa shape index (κ2) is 5.88. The van der Waals surface area contributed by atoms with E-state index in [-0.39, 0.29) is 17.9 Å². The van der Waals surface area contributed by atoms with Gasteiger partial charge in [-0.2, -0.15) is 0 Å². The fraction of sp³-hybridized carbons (Fsp3) is 0.846. The van der Waals surface area contributed by atoms with Crippen molar-refractivity contribution in [2.24, 2.45) is 5.41 Å². The average molecular weight is 269 g/mol. The third-order valence-corrected chi connectivity index (χ3v) is 4.24. The van der Waals surface area contributed by atoms with Gasteiger partial charge in [-0.25, -0.2) is 0 Å². The first-order valence-corrected chi connectivity index (χ1v) is 6.95. The molecule has 6 nitrogen and oxygen atoms in total. The summed E-state index contributed by atoms with van der Waals surface area (Å²) >= 11 is 0. The van der Waals surface area contributed by atoms with Gasteiger partial charge in [0, 0.05) is 31.6 Å². The summed E-state index contributed by atoms with van der Waals surface area (Å²) in [4.78, 5) is 27.0. The number of nitrogens with one attached hydrogen (secondary N) is 1. The zero-order valence-corrected chi connectivity index (χ0v) is 11.5. The molecule has 2 aliphatic rings. The van der Waals surface area contributed by atoms with Gasteiger partial charge < -0.3 is 15.3 Å². The summed E-state index contributed by atoms with van der Waals surface area (Å²) in [6.45, 7) is 6.55. The largest absolute Gasteiger partial charge is 0.480 e. The predicted molar refractivity (Wildman–Crippen MR) is 70.9 cm³/mol. The summed E-state index contributed by atoms with van der Waals surface area (Å²) in [5, 5.41) is 12.0. The Labute approximate surface area is 113 Å². The SMILES string of the molecule is CC1(C(=O)N2CCN(CC(=O)O)CC2)CCNCC1. The van der Waals surface area contributed by atoms with Crippen LogP contribution in [0.3, 0.4) is 0 Å². The van der Waals surface area contributed by atoms with E-state index in [1.54, 1.807) is 0 Å². The third-order valence-electron chi connectivity index (χ3n) is 4.24. The number of amides is 1. The Morgan fingerprint density at radius 3 is 2.26 bits per heavy atom. The van der Waals surface area contributed by atoms with Crippen LogP contribution in [0, 0.1) is 5.41 Å². The lowest BCUT2D eigenvalue weighted by Crippen LogP contribution is -2.55. The molecule has 0 bridgehead atoms. The number of piperazine rings is 1. The van der Waals surface area contributed by atoms with Crippen molar-refractivity contribution in [3.63, 3.8) is 0 Å². The molecule has 2 fully saturated rings. The quantitative estimate of drug-likeness (QED) is 0.730. The molecule has 2 heterocycles. The molecule has 2 N–H and O–H groups in total. The molecule has 0 aromatic heterocycles. The average Bonchev–Trinajstić information content (AvgIpc) is 2.39. The number of carboxylic acids is 1. The van der Waals surface area contributed by atoms with Crippen LogP contribution in [0.4, 0.5) is 0 Å². The van der Waals surface area contributed by atoms with Gasteiger partial charge in [0.2, 0.25) is 5.91 Å². The molecule has 1 amide bonds. The van der Waals surface area contributed by atoms with Crippen molar-refractivity contribution in [1.82, 2.24) is 15.1 Å². The highest BCUT2D eigenvalue weighted by atomic mass is 16.4. The number of carboxylic acid groups (broad SMARTS) is 1. The fourth-order valence-corrected chi connectivity index (χ4v) is 2.87. The summed E-state index contributed by atoms with van der Waals surface area (Å²) in [5.41, 5.74) is -0.236. The molecule has 2 saturated heterocycles. The second-order valence-electron chi connectivity index (χ2n) is 5.77. The highest BCUT2D eigenvalue weighted by Crippen LogP contribution is 2.30. The summed E-state index contributed by atoms with van der Waals surface area (Å²) in [6, 6.07) is 0. The van der Waals surface area contributed by atoms with Crippen molar-refractivity contribution in [2.75, 3.05) is 45.8 Å². The molecule has 0 aliphatic carbocycles. The van der Waals surface area contributed by atoms with E-state index in [1.807, 2.05) is 9.80 Å². The Morgan fingerprint density at radius 2 is 1.74 bits per heavy atom. The molecule has 108 valence electrons. The first kappa shape index (κ1) is 14.3. The van der Waals surface area contributed by atoms with Crippen molar-refractivity contribution >= 4 is 11.9 Å². The Kier molecular flexibility index (Phi) is 4.42. The monoisotopic (exact) mass is 269 g/mol. The number of nitrogens with zero attached hydrogens (tertiary/aromatic N) is 2. The number of carbonyl (C=O) groups is 2. The third kappa shape index (κ3) is 3.45. The standard InChI is InChI=1S/C13H23N3O3/c1-13(2-4-14-5-3-13)12(19)16-8-6-15(7-9-16)10-11(17)18/h14H,2-10H2,1H3,(H,17,18). The van der Waals surface area contributed by atoms with Crippen molar-refractivity contribution in [2.45, 2.75) is 19.8 Å². The highest BCUT2D eigenvalue weighted by molar-refractivity contribution is 5.82. The van der Waals surface area contributed by atoms with Crippen LogP contribution in [0.1, 0.15) is 19.8 Å². The Balaban J connectivity index is 1.86. The van der Waals surface area contributed by atoms with Gasteiger partial charge in [0.1, 0.15) is 0 Å². The smallest absolute Gasteiger partial charge is 0.317 e. The zero-order chi connectivity index (χ0) is 13.9. The molecule has 2 rings (SSSR count). The molecule has 2 aliphatic heterocycles. The van der Waals surface area contributed by atoms with E-state index in [4.69, 9.17) is 5.11 Å². The minimum atomic E-state index is -0.801. The molecule has 6 heteroatoms. The molecule has 0 unspecified atom stereocenters. The second-order valence-corrected chi connectivity index (χ2v) is 5.77. The lowest BCUT2D eigenvalue weighted by molar-refractivity contribution is -0.145. The van der Waals surface area contributed by atoms with E-state index in [1.165, 1.54) is 0 Å². The van der Waals surface area contributed by atoms with Crippen molar-refractivity contribution < 1.29 is 14.7 Å². The number of aliphatic carboxylic acids is 1. The maximum absolute atomic E-state index is 12.6. The minimum absolute atomic E-state index is 0.0726. The number of hydrogen-bond donors (Lipinski definition) is 2. The molecular formula is C13H23N3O3. The molecule has 0 saturated carbocycles. The topological polar surface area (TPSA) is 72.9 Å². The van der Waals surface area contributed by atoms with E-state index < -0.39 is 5.97 Å². The van der Waals surface area contributed by atoms with Gasteiger partial charge in [-0.05, 0) is 25.9 Å². The summed E-state index contributed by atoms with van der Waals surface area (Å²) < 4.78 is 0. The van der Waals surface area contributed by atoms with Gasteiger partial charge in [-0.1, -0.05) is 6.92 Å². The van der Waals surface area contributed by atoms with E-state index in [0.29, 0.717) is 26.2 Å². The lowest BCUT2D eigenvalue weighted by Gasteiger charge is -2.41. The lowest BCUT2D eigenvalue weighted by atomic mass is 9.79. The van der Waals surface area contributed by atoms with Gasteiger partial charge >= 0.3 is 5.97 Å². The van der Waals surface area contributed by atoms with E-state index in [0.717, 1.165) is 25.9 Å². The first-order chi connectivity index (χ1) is 9.01. The van der Waals surface area contributed by atoms with Gasteiger partial charge in [0.15, 0.2) is 0 Å². The summed E-state index contributed by atoms with van der Waals surface area (Å²) in [5.74, 6) is -0.561. The first-order valence-electron chi connectivity index (χ1n) is 6.95. The maximum atomic E-state index is 12.6. The predicted octanol–water partition coefficient (Wildman–Crippen LogP) is -0.395. The molecule has 0 radical (unpaired) electrons. The molecule has 0 atom stereocenters. The van der Waals surface area contributed by atoms with Crippen LogP contribution in [0.5, 0.6) is 0 Å². The molecular weight excluding hydrogens is 246 g/mol. The van der Waals surface area contributed by atoms with E-state index in [9.17, 15) is 9.59 Å². The minimum Gasteiger partial charge on any atom is -0.480 e. The molecule has 0 spiro atoms. The highest BCUT2D eigenvalue weighted by Gasteiger charge is 2.38. The van der Waals surface area contributed by atoms with Crippen molar-refractivity contribution in [3.05, 3.63) is 0 Å². The normalized spacial score (nSPS) is 24.2. The number of hydrogen-bond acceptors (Lipinski definition) is 4. The van der Waals surface area contributed by atoms with Gasteiger partial charge in [-0.15, -0.1) is 0 Å². The zero-order valence-electron chi connectivity index (χ0n) is 11.5. The van der Waals surface area contributed by atoms with Crippen LogP contribution in [0.25, 0.3) is 0 Å². The number of piperidine rings is 1. The van der Waals surface area contributed by atoms with Gasteiger partial charge in [0.25, 0.3) is 0 Å². The van der Waals surface area contributed by atoms with Crippen LogP contribution in [-0.2, 0) is 9.59 Å². The van der Waals surface area contributed by atoms with Crippen molar-refractivity contribution in [3.8, 4) is 0 Å². The molecule has 0 aromatic rings. The van der Waals surface area contributed by atoms with E-state index >= 15 is 0 Å². The Hall–Kier alpha value is -1.14. The van der Waals surface area contributed by atoms with Crippen LogP contribution in [0.2, 0.25) is 0 Å². The maximum Gasteiger partial charge on any atom is 0.317 e. The van der Waals surface area contributed by atoms with Crippen LogP contribution in [-0.4, -0.2) is 72.6 Å². The number of rotatable bonds is 3. The Morgan fingerprint density at radius 1 is 1.16 bits per heavy atom. The van der Waals surface area contributed by atoms with Gasteiger partial charge in [-0.3, -0.25) is 14.5 Å². The molecule has 19 heavy (non-hydrogen) atoms. The Bertz CT molecular complexity index is 345. The van der Waals surface area contributed by atoms with Crippen LogP contribution >= 0.6 is 0 Å². The summed E-state index contributed by atoms with van der Waals surface area (Å²) in [7, 11) is 0. The number of carbonyl (C=O) groups excluding carboxylic acids is 1. The van der Waals surface area contributed by atoms with Gasteiger partial charge in [0.05, 0.1) is 6.54 Å². The fourth-order valence-electron chi connectivity index (χ4n) is 2.87.